The Balaban J connectivity index is 4.57. The minimum absolute atomic E-state index is 0.384. The van der Waals surface area contributed by atoms with E-state index in [4.69, 9.17) is 11.6 Å². The van der Waals surface area contributed by atoms with Crippen molar-refractivity contribution in [1.82, 2.24) is 9.80 Å². The number of rotatable bonds is 4. The molecule has 0 fully saturated rings. The second-order valence-electron chi connectivity index (χ2n) is 3.29. The van der Waals surface area contributed by atoms with Gasteiger partial charge >= 0.3 is 6.18 Å². The molecule has 0 spiro atoms. The Morgan fingerprint density at radius 2 is 1.69 bits per heavy atom. The van der Waals surface area contributed by atoms with Gasteiger partial charge in [0.15, 0.2) is 0 Å². The van der Waals surface area contributed by atoms with Gasteiger partial charge < -0.3 is 9.80 Å². The lowest BCUT2D eigenvalue weighted by atomic mass is 10.4. The summed E-state index contributed by atoms with van der Waals surface area (Å²) in [6.45, 7) is -2.10. The SMILES string of the molecule is CN(C)C(=O)CN(CC(F)(F)F)C(=O)CCl. The van der Waals surface area contributed by atoms with Crippen LogP contribution in [0.4, 0.5) is 13.2 Å². The predicted molar refractivity (Wildman–Crippen MR) is 52.0 cm³/mol. The molecule has 0 aliphatic rings. The molecular weight excluding hydrogens is 249 g/mol. The molecule has 0 N–H and O–H groups in total. The van der Waals surface area contributed by atoms with Gasteiger partial charge in [0.2, 0.25) is 11.8 Å². The third-order valence-electron chi connectivity index (χ3n) is 1.66. The normalized spacial score (nSPS) is 11.1. The molecule has 0 saturated carbocycles. The molecule has 0 unspecified atom stereocenters. The van der Waals surface area contributed by atoms with Crippen molar-refractivity contribution in [1.29, 1.82) is 0 Å². The van der Waals surface area contributed by atoms with Gasteiger partial charge in [0.25, 0.3) is 0 Å². The van der Waals surface area contributed by atoms with Crippen molar-refractivity contribution in [2.45, 2.75) is 6.18 Å². The van der Waals surface area contributed by atoms with E-state index in [1.54, 1.807) is 0 Å². The Labute approximate surface area is 95.9 Å². The van der Waals surface area contributed by atoms with Crippen LogP contribution in [0.2, 0.25) is 0 Å². The summed E-state index contributed by atoms with van der Waals surface area (Å²) in [6.07, 6.45) is -4.55. The molecular formula is C8H12ClF3N2O2. The van der Waals surface area contributed by atoms with E-state index in [1.165, 1.54) is 14.1 Å². The standard InChI is InChI=1S/C8H12ClF3N2O2/c1-13(2)7(16)4-14(6(15)3-9)5-8(10,11)12/h3-5H2,1-2H3. The molecule has 94 valence electrons. The Hall–Kier alpha value is -0.980. The fourth-order valence-electron chi connectivity index (χ4n) is 0.838. The van der Waals surface area contributed by atoms with E-state index < -0.39 is 37.0 Å². The second-order valence-corrected chi connectivity index (χ2v) is 3.55. The maximum atomic E-state index is 12.1. The van der Waals surface area contributed by atoms with Crippen LogP contribution in [0.25, 0.3) is 0 Å². The van der Waals surface area contributed by atoms with Crippen molar-refractivity contribution in [3.8, 4) is 0 Å². The molecule has 0 aliphatic heterocycles. The third-order valence-corrected chi connectivity index (χ3v) is 1.89. The number of carbonyl (C=O) groups excluding carboxylic acids is 2. The van der Waals surface area contributed by atoms with Gasteiger partial charge in [0, 0.05) is 14.1 Å². The highest BCUT2D eigenvalue weighted by atomic mass is 35.5. The molecule has 4 nitrogen and oxygen atoms in total. The van der Waals surface area contributed by atoms with Crippen LogP contribution in [0.1, 0.15) is 0 Å². The maximum absolute atomic E-state index is 12.1. The van der Waals surface area contributed by atoms with Crippen LogP contribution in [0.15, 0.2) is 0 Å². The van der Waals surface area contributed by atoms with E-state index in [9.17, 15) is 22.8 Å². The molecule has 0 saturated heterocycles. The fraction of sp³-hybridized carbons (Fsp3) is 0.750. The molecule has 0 radical (unpaired) electrons. The molecule has 8 heteroatoms. The first-order chi connectivity index (χ1) is 7.17. The summed E-state index contributed by atoms with van der Waals surface area (Å²) >= 11 is 5.16. The summed E-state index contributed by atoms with van der Waals surface area (Å²) in [5.74, 6) is -2.10. The molecule has 0 atom stereocenters. The average Bonchev–Trinajstić information content (AvgIpc) is 2.13. The number of amides is 2. The van der Waals surface area contributed by atoms with Crippen LogP contribution in [-0.4, -0.2) is 60.9 Å². The molecule has 16 heavy (non-hydrogen) atoms. The quantitative estimate of drug-likeness (QED) is 0.699. The van der Waals surface area contributed by atoms with Gasteiger partial charge in [-0.2, -0.15) is 13.2 Å². The van der Waals surface area contributed by atoms with Crippen LogP contribution in [-0.2, 0) is 9.59 Å². The molecule has 0 aromatic heterocycles. The average molecular weight is 261 g/mol. The van der Waals surface area contributed by atoms with Crippen molar-refractivity contribution in [2.24, 2.45) is 0 Å². The molecule has 0 aromatic rings. The minimum atomic E-state index is -4.55. The predicted octanol–water partition coefficient (Wildman–Crippen LogP) is 0.704. The zero-order chi connectivity index (χ0) is 12.9. The Morgan fingerprint density at radius 3 is 2.00 bits per heavy atom. The Bertz CT molecular complexity index is 268. The number of nitrogens with zero attached hydrogens (tertiary/aromatic N) is 2. The van der Waals surface area contributed by atoms with Gasteiger partial charge in [-0.25, -0.2) is 0 Å². The summed E-state index contributed by atoms with van der Waals surface area (Å²) in [4.78, 5) is 23.7. The number of carbonyl (C=O) groups is 2. The van der Waals surface area contributed by atoms with Crippen LogP contribution in [0.3, 0.4) is 0 Å². The number of likely N-dealkylation sites (N-methyl/N-ethyl adjacent to an activating group) is 1. The smallest absolute Gasteiger partial charge is 0.347 e. The highest BCUT2D eigenvalue weighted by Crippen LogP contribution is 2.16. The van der Waals surface area contributed by atoms with Gasteiger partial charge in [-0.15, -0.1) is 11.6 Å². The summed E-state index contributed by atoms with van der Waals surface area (Å²) in [7, 11) is 2.78. The Morgan fingerprint density at radius 1 is 1.19 bits per heavy atom. The fourth-order valence-corrected chi connectivity index (χ4v) is 1.01. The molecule has 0 rings (SSSR count). The van der Waals surface area contributed by atoms with Crippen LogP contribution in [0, 0.1) is 0 Å². The first kappa shape index (κ1) is 15.0. The number of hydrogen-bond acceptors (Lipinski definition) is 2. The van der Waals surface area contributed by atoms with E-state index in [0.717, 1.165) is 4.90 Å². The topological polar surface area (TPSA) is 40.6 Å². The Kier molecular flexibility index (Phi) is 5.57. The number of alkyl halides is 4. The largest absolute Gasteiger partial charge is 0.406 e. The van der Waals surface area contributed by atoms with E-state index in [2.05, 4.69) is 0 Å². The minimum Gasteiger partial charge on any atom is -0.347 e. The summed E-state index contributed by atoms with van der Waals surface area (Å²) in [5, 5.41) is 0. The van der Waals surface area contributed by atoms with Crippen LogP contribution >= 0.6 is 11.6 Å². The van der Waals surface area contributed by atoms with E-state index in [-0.39, 0.29) is 0 Å². The van der Waals surface area contributed by atoms with Gasteiger partial charge in [0.1, 0.15) is 19.0 Å². The van der Waals surface area contributed by atoms with E-state index in [0.29, 0.717) is 4.90 Å². The second kappa shape index (κ2) is 5.93. The molecule has 2 amide bonds. The first-order valence-electron chi connectivity index (χ1n) is 4.28. The van der Waals surface area contributed by atoms with E-state index >= 15 is 0 Å². The van der Waals surface area contributed by atoms with Crippen LogP contribution in [0.5, 0.6) is 0 Å². The van der Waals surface area contributed by atoms with Crippen molar-refractivity contribution in [3.63, 3.8) is 0 Å². The third kappa shape index (κ3) is 5.79. The maximum Gasteiger partial charge on any atom is 0.406 e. The summed E-state index contributed by atoms with van der Waals surface area (Å²) < 4.78 is 36.3. The summed E-state index contributed by atoms with van der Waals surface area (Å²) in [5.41, 5.74) is 0. The van der Waals surface area contributed by atoms with Crippen molar-refractivity contribution < 1.29 is 22.8 Å². The lowest BCUT2D eigenvalue weighted by Crippen LogP contribution is -2.45. The van der Waals surface area contributed by atoms with Crippen molar-refractivity contribution in [3.05, 3.63) is 0 Å². The zero-order valence-electron chi connectivity index (χ0n) is 8.84. The zero-order valence-corrected chi connectivity index (χ0v) is 9.60. The highest BCUT2D eigenvalue weighted by Gasteiger charge is 2.33. The van der Waals surface area contributed by atoms with Gasteiger partial charge in [-0.05, 0) is 0 Å². The summed E-state index contributed by atoms with van der Waals surface area (Å²) in [6, 6.07) is 0. The highest BCUT2D eigenvalue weighted by molar-refractivity contribution is 6.27. The van der Waals surface area contributed by atoms with Gasteiger partial charge in [-0.3, -0.25) is 9.59 Å². The van der Waals surface area contributed by atoms with Crippen LogP contribution < -0.4 is 0 Å². The molecule has 0 bridgehead atoms. The lowest BCUT2D eigenvalue weighted by molar-refractivity contribution is -0.162. The number of hydrogen-bond donors (Lipinski definition) is 0. The van der Waals surface area contributed by atoms with Gasteiger partial charge in [0.05, 0.1) is 0 Å². The first-order valence-corrected chi connectivity index (χ1v) is 4.81. The number of halogens is 4. The van der Waals surface area contributed by atoms with Gasteiger partial charge in [-0.1, -0.05) is 0 Å². The molecule has 0 heterocycles. The van der Waals surface area contributed by atoms with Crippen molar-refractivity contribution >= 4 is 23.4 Å². The molecule has 0 aliphatic carbocycles. The molecule has 0 aromatic carbocycles. The van der Waals surface area contributed by atoms with E-state index in [1.807, 2.05) is 0 Å². The van der Waals surface area contributed by atoms with Crippen molar-refractivity contribution in [2.75, 3.05) is 33.1 Å². The lowest BCUT2D eigenvalue weighted by Gasteiger charge is -2.24. The monoisotopic (exact) mass is 260 g/mol.